The van der Waals surface area contributed by atoms with Crippen LogP contribution in [0.2, 0.25) is 5.02 Å². The van der Waals surface area contributed by atoms with Crippen molar-refractivity contribution in [3.05, 3.63) is 28.3 Å². The standard InChI is InChI=1S/C14H22ClNO2/c1-4-16-5-6-17-7-8-18-13-9-11(2)14(15)12(3)10-13/h9-10,16H,4-8H2,1-3H3. The molecule has 0 radical (unpaired) electrons. The smallest absolute Gasteiger partial charge is 0.120 e. The third-order valence-corrected chi connectivity index (χ3v) is 3.18. The monoisotopic (exact) mass is 271 g/mol. The van der Waals surface area contributed by atoms with Gasteiger partial charge in [-0.1, -0.05) is 18.5 Å². The van der Waals surface area contributed by atoms with Gasteiger partial charge < -0.3 is 14.8 Å². The molecule has 3 nitrogen and oxygen atoms in total. The van der Waals surface area contributed by atoms with Gasteiger partial charge in [-0.2, -0.15) is 0 Å². The molecule has 0 aromatic heterocycles. The highest BCUT2D eigenvalue weighted by Crippen LogP contribution is 2.25. The van der Waals surface area contributed by atoms with Crippen LogP contribution in [-0.4, -0.2) is 32.9 Å². The van der Waals surface area contributed by atoms with Crippen LogP contribution in [-0.2, 0) is 4.74 Å². The summed E-state index contributed by atoms with van der Waals surface area (Å²) in [6.45, 7) is 9.78. The van der Waals surface area contributed by atoms with Crippen molar-refractivity contribution in [2.45, 2.75) is 20.8 Å². The highest BCUT2D eigenvalue weighted by molar-refractivity contribution is 6.32. The SMILES string of the molecule is CCNCCOCCOc1cc(C)c(Cl)c(C)c1. The Kier molecular flexibility index (Phi) is 7.09. The van der Waals surface area contributed by atoms with Gasteiger partial charge in [-0.05, 0) is 43.7 Å². The van der Waals surface area contributed by atoms with Crippen molar-refractivity contribution in [2.75, 3.05) is 32.9 Å². The Labute approximate surface area is 114 Å². The lowest BCUT2D eigenvalue weighted by Crippen LogP contribution is -2.20. The molecule has 1 aromatic carbocycles. The predicted molar refractivity (Wildman–Crippen MR) is 75.8 cm³/mol. The van der Waals surface area contributed by atoms with E-state index < -0.39 is 0 Å². The molecule has 0 amide bonds. The molecule has 0 aliphatic rings. The zero-order valence-corrected chi connectivity index (χ0v) is 12.1. The molecule has 4 heteroatoms. The molecule has 0 fully saturated rings. The molecular formula is C14H22ClNO2. The first-order valence-corrected chi connectivity index (χ1v) is 6.71. The molecule has 18 heavy (non-hydrogen) atoms. The van der Waals surface area contributed by atoms with Crippen LogP contribution in [0, 0.1) is 13.8 Å². The van der Waals surface area contributed by atoms with E-state index in [1.54, 1.807) is 0 Å². The molecule has 1 N–H and O–H groups in total. The van der Waals surface area contributed by atoms with Crippen LogP contribution in [0.4, 0.5) is 0 Å². The fraction of sp³-hybridized carbons (Fsp3) is 0.571. The number of halogens is 1. The van der Waals surface area contributed by atoms with Gasteiger partial charge in [-0.3, -0.25) is 0 Å². The summed E-state index contributed by atoms with van der Waals surface area (Å²) in [5.41, 5.74) is 2.08. The number of hydrogen-bond donors (Lipinski definition) is 1. The second kappa shape index (κ2) is 8.35. The third kappa shape index (κ3) is 5.25. The Morgan fingerprint density at radius 3 is 2.39 bits per heavy atom. The topological polar surface area (TPSA) is 30.5 Å². The van der Waals surface area contributed by atoms with Crippen molar-refractivity contribution in [1.29, 1.82) is 0 Å². The molecule has 102 valence electrons. The molecule has 0 bridgehead atoms. The van der Waals surface area contributed by atoms with Crippen molar-refractivity contribution in [2.24, 2.45) is 0 Å². The van der Waals surface area contributed by atoms with E-state index in [1.165, 1.54) is 0 Å². The van der Waals surface area contributed by atoms with E-state index in [0.29, 0.717) is 13.2 Å². The lowest BCUT2D eigenvalue weighted by molar-refractivity contribution is 0.102. The normalized spacial score (nSPS) is 10.7. The number of rotatable bonds is 8. The summed E-state index contributed by atoms with van der Waals surface area (Å²) in [7, 11) is 0. The predicted octanol–water partition coefficient (Wildman–Crippen LogP) is 2.96. The van der Waals surface area contributed by atoms with Gasteiger partial charge in [0, 0.05) is 11.6 Å². The summed E-state index contributed by atoms with van der Waals surface area (Å²) in [6, 6.07) is 3.90. The number of aryl methyl sites for hydroxylation is 2. The van der Waals surface area contributed by atoms with E-state index in [2.05, 4.69) is 12.2 Å². The van der Waals surface area contributed by atoms with Crippen LogP contribution >= 0.6 is 11.6 Å². The summed E-state index contributed by atoms with van der Waals surface area (Å²) in [5, 5.41) is 4.01. The van der Waals surface area contributed by atoms with Crippen molar-refractivity contribution in [3.8, 4) is 5.75 Å². The fourth-order valence-electron chi connectivity index (χ4n) is 1.63. The van der Waals surface area contributed by atoms with Gasteiger partial charge in [0.05, 0.1) is 13.2 Å². The van der Waals surface area contributed by atoms with E-state index in [9.17, 15) is 0 Å². The molecule has 0 saturated heterocycles. The van der Waals surface area contributed by atoms with Crippen LogP contribution in [0.1, 0.15) is 18.1 Å². The number of ether oxygens (including phenoxy) is 2. The van der Waals surface area contributed by atoms with Crippen LogP contribution in [0.25, 0.3) is 0 Å². The highest BCUT2D eigenvalue weighted by Gasteiger charge is 2.03. The van der Waals surface area contributed by atoms with Crippen LogP contribution in [0.15, 0.2) is 12.1 Å². The molecule has 0 aliphatic carbocycles. The first-order valence-electron chi connectivity index (χ1n) is 6.33. The zero-order valence-electron chi connectivity index (χ0n) is 11.4. The zero-order chi connectivity index (χ0) is 13.4. The minimum atomic E-state index is 0.562. The van der Waals surface area contributed by atoms with Gasteiger partial charge in [0.1, 0.15) is 12.4 Å². The molecule has 1 rings (SSSR count). The first-order chi connectivity index (χ1) is 8.65. The molecule has 0 unspecified atom stereocenters. The summed E-state index contributed by atoms with van der Waals surface area (Å²) < 4.78 is 11.1. The molecule has 0 saturated carbocycles. The number of benzene rings is 1. The lowest BCUT2D eigenvalue weighted by atomic mass is 10.1. The molecule has 0 atom stereocenters. The Morgan fingerprint density at radius 1 is 1.11 bits per heavy atom. The largest absolute Gasteiger partial charge is 0.491 e. The Bertz CT molecular complexity index is 346. The second-order valence-electron chi connectivity index (χ2n) is 4.19. The van der Waals surface area contributed by atoms with E-state index in [0.717, 1.165) is 41.6 Å². The second-order valence-corrected chi connectivity index (χ2v) is 4.56. The maximum absolute atomic E-state index is 6.09. The summed E-state index contributed by atoms with van der Waals surface area (Å²) in [4.78, 5) is 0. The Hall–Kier alpha value is -0.770. The number of nitrogens with one attached hydrogen (secondary N) is 1. The maximum atomic E-state index is 6.09. The molecule has 1 aromatic rings. The number of likely N-dealkylation sites (N-methyl/N-ethyl adjacent to an activating group) is 1. The minimum Gasteiger partial charge on any atom is -0.491 e. The average Bonchev–Trinajstić information content (AvgIpc) is 2.34. The molecule has 0 aliphatic heterocycles. The number of hydrogen-bond acceptors (Lipinski definition) is 3. The van der Waals surface area contributed by atoms with E-state index >= 15 is 0 Å². The fourth-order valence-corrected chi connectivity index (χ4v) is 1.74. The lowest BCUT2D eigenvalue weighted by Gasteiger charge is -2.10. The third-order valence-electron chi connectivity index (χ3n) is 2.58. The quantitative estimate of drug-likeness (QED) is 0.738. The summed E-state index contributed by atoms with van der Waals surface area (Å²) in [5.74, 6) is 0.852. The molecule has 0 spiro atoms. The van der Waals surface area contributed by atoms with Gasteiger partial charge in [-0.15, -0.1) is 0 Å². The highest BCUT2D eigenvalue weighted by atomic mass is 35.5. The molecule has 0 heterocycles. The minimum absolute atomic E-state index is 0.562. The van der Waals surface area contributed by atoms with Crippen LogP contribution in [0.3, 0.4) is 0 Å². The molecular weight excluding hydrogens is 250 g/mol. The van der Waals surface area contributed by atoms with Gasteiger partial charge in [0.2, 0.25) is 0 Å². The first kappa shape index (κ1) is 15.3. The van der Waals surface area contributed by atoms with Gasteiger partial charge in [-0.25, -0.2) is 0 Å². The Balaban J connectivity index is 2.23. The van der Waals surface area contributed by atoms with Crippen molar-refractivity contribution in [3.63, 3.8) is 0 Å². The Morgan fingerprint density at radius 2 is 1.78 bits per heavy atom. The van der Waals surface area contributed by atoms with Crippen molar-refractivity contribution in [1.82, 2.24) is 5.32 Å². The maximum Gasteiger partial charge on any atom is 0.120 e. The van der Waals surface area contributed by atoms with Crippen LogP contribution < -0.4 is 10.1 Å². The van der Waals surface area contributed by atoms with Crippen molar-refractivity contribution >= 4 is 11.6 Å². The van der Waals surface area contributed by atoms with Gasteiger partial charge >= 0.3 is 0 Å². The summed E-state index contributed by atoms with van der Waals surface area (Å²) in [6.07, 6.45) is 0. The van der Waals surface area contributed by atoms with Gasteiger partial charge in [0.15, 0.2) is 0 Å². The van der Waals surface area contributed by atoms with Crippen molar-refractivity contribution < 1.29 is 9.47 Å². The van der Waals surface area contributed by atoms with Crippen LogP contribution in [0.5, 0.6) is 5.75 Å². The summed E-state index contributed by atoms with van der Waals surface area (Å²) >= 11 is 6.09. The van der Waals surface area contributed by atoms with E-state index in [-0.39, 0.29) is 0 Å². The van der Waals surface area contributed by atoms with Gasteiger partial charge in [0.25, 0.3) is 0 Å². The van der Waals surface area contributed by atoms with E-state index in [4.69, 9.17) is 21.1 Å². The van der Waals surface area contributed by atoms with E-state index in [1.807, 2.05) is 26.0 Å². The average molecular weight is 272 g/mol.